The van der Waals surface area contributed by atoms with E-state index in [-0.39, 0.29) is 5.54 Å². The molecule has 0 spiro atoms. The second kappa shape index (κ2) is 4.61. The van der Waals surface area contributed by atoms with Gasteiger partial charge in [-0.2, -0.15) is 0 Å². The van der Waals surface area contributed by atoms with Crippen LogP contribution in [0.25, 0.3) is 0 Å². The third-order valence-corrected chi connectivity index (χ3v) is 2.73. The standard InChI is InChI=1S/C10H18N2O/c1-3-4-5-12-10(8-11)6-9(7-10)13-2/h1,9,12H,4-8,11H2,2H3. The summed E-state index contributed by atoms with van der Waals surface area (Å²) in [7, 11) is 1.74. The molecule has 1 fully saturated rings. The molecule has 0 aromatic heterocycles. The molecule has 0 radical (unpaired) electrons. The number of hydrogen-bond acceptors (Lipinski definition) is 3. The minimum atomic E-state index is 0.0948. The lowest BCUT2D eigenvalue weighted by atomic mass is 9.74. The number of methoxy groups -OCH3 is 1. The summed E-state index contributed by atoms with van der Waals surface area (Å²) >= 11 is 0. The van der Waals surface area contributed by atoms with Crippen LogP contribution < -0.4 is 11.1 Å². The van der Waals surface area contributed by atoms with Gasteiger partial charge in [-0.25, -0.2) is 0 Å². The monoisotopic (exact) mass is 182 g/mol. The van der Waals surface area contributed by atoms with Gasteiger partial charge in [0.25, 0.3) is 0 Å². The molecule has 0 unspecified atom stereocenters. The molecule has 0 aromatic carbocycles. The quantitative estimate of drug-likeness (QED) is 0.468. The Morgan fingerprint density at radius 3 is 2.85 bits per heavy atom. The molecule has 0 aliphatic heterocycles. The van der Waals surface area contributed by atoms with Crippen molar-refractivity contribution < 1.29 is 4.74 Å². The molecule has 3 N–H and O–H groups in total. The van der Waals surface area contributed by atoms with Crippen LogP contribution in [0, 0.1) is 12.3 Å². The van der Waals surface area contributed by atoms with E-state index in [2.05, 4.69) is 11.2 Å². The van der Waals surface area contributed by atoms with Crippen LogP contribution in [0.5, 0.6) is 0 Å². The lowest BCUT2D eigenvalue weighted by Gasteiger charge is -2.47. The van der Waals surface area contributed by atoms with Crippen molar-refractivity contribution in [2.24, 2.45) is 5.73 Å². The first kappa shape index (κ1) is 10.5. The van der Waals surface area contributed by atoms with Gasteiger partial charge in [0.1, 0.15) is 0 Å². The minimum absolute atomic E-state index is 0.0948. The SMILES string of the molecule is C#CCCNC1(CN)CC(OC)C1. The molecule has 1 aliphatic rings. The summed E-state index contributed by atoms with van der Waals surface area (Å²) in [5.41, 5.74) is 5.79. The van der Waals surface area contributed by atoms with Crippen LogP contribution in [0.15, 0.2) is 0 Å². The first-order chi connectivity index (χ1) is 6.26. The smallest absolute Gasteiger partial charge is 0.0607 e. The summed E-state index contributed by atoms with van der Waals surface area (Å²) in [6.45, 7) is 1.52. The largest absolute Gasteiger partial charge is 0.381 e. The Morgan fingerprint density at radius 1 is 1.69 bits per heavy atom. The molecule has 0 saturated heterocycles. The summed E-state index contributed by atoms with van der Waals surface area (Å²) in [6, 6.07) is 0. The third kappa shape index (κ3) is 2.44. The van der Waals surface area contributed by atoms with Gasteiger partial charge < -0.3 is 15.8 Å². The Labute approximate surface area is 80.0 Å². The van der Waals surface area contributed by atoms with Gasteiger partial charge >= 0.3 is 0 Å². The number of ether oxygens (including phenoxy) is 1. The highest BCUT2D eigenvalue weighted by Crippen LogP contribution is 2.33. The van der Waals surface area contributed by atoms with Crippen LogP contribution >= 0.6 is 0 Å². The van der Waals surface area contributed by atoms with Crippen molar-refractivity contribution in [1.82, 2.24) is 5.32 Å². The molecule has 3 heteroatoms. The predicted molar refractivity (Wildman–Crippen MR) is 53.3 cm³/mol. The van der Waals surface area contributed by atoms with Gasteiger partial charge in [0.2, 0.25) is 0 Å². The van der Waals surface area contributed by atoms with E-state index in [0.29, 0.717) is 12.6 Å². The molecular formula is C10H18N2O. The van der Waals surface area contributed by atoms with Crippen molar-refractivity contribution in [2.75, 3.05) is 20.2 Å². The minimum Gasteiger partial charge on any atom is -0.381 e. The number of nitrogens with two attached hydrogens (primary N) is 1. The van der Waals surface area contributed by atoms with Crippen LogP contribution in [-0.4, -0.2) is 31.8 Å². The second-order valence-corrected chi connectivity index (χ2v) is 3.63. The Kier molecular flexibility index (Phi) is 3.73. The lowest BCUT2D eigenvalue weighted by molar-refractivity contribution is -0.0260. The van der Waals surface area contributed by atoms with Gasteiger partial charge in [-0.3, -0.25) is 0 Å². The van der Waals surface area contributed by atoms with Crippen molar-refractivity contribution in [3.05, 3.63) is 0 Å². The molecule has 0 heterocycles. The van der Waals surface area contributed by atoms with Crippen LogP contribution in [-0.2, 0) is 4.74 Å². The number of nitrogens with one attached hydrogen (secondary N) is 1. The van der Waals surface area contributed by atoms with Crippen molar-refractivity contribution in [3.63, 3.8) is 0 Å². The van der Waals surface area contributed by atoms with Gasteiger partial charge in [0.05, 0.1) is 6.10 Å². The molecule has 0 bridgehead atoms. The van der Waals surface area contributed by atoms with Crippen LogP contribution in [0.2, 0.25) is 0 Å². The molecule has 1 rings (SSSR count). The fourth-order valence-electron chi connectivity index (χ4n) is 1.76. The lowest BCUT2D eigenvalue weighted by Crippen LogP contribution is -2.62. The molecule has 13 heavy (non-hydrogen) atoms. The Hall–Kier alpha value is -0.560. The van der Waals surface area contributed by atoms with E-state index in [1.165, 1.54) is 0 Å². The van der Waals surface area contributed by atoms with E-state index >= 15 is 0 Å². The average molecular weight is 182 g/mol. The first-order valence-corrected chi connectivity index (χ1v) is 4.68. The topological polar surface area (TPSA) is 47.3 Å². The molecular weight excluding hydrogens is 164 g/mol. The molecule has 0 atom stereocenters. The summed E-state index contributed by atoms with van der Waals surface area (Å²) in [5, 5.41) is 3.40. The van der Waals surface area contributed by atoms with Crippen LogP contribution in [0.4, 0.5) is 0 Å². The molecule has 0 amide bonds. The van der Waals surface area contributed by atoms with Crippen molar-refractivity contribution in [1.29, 1.82) is 0 Å². The van der Waals surface area contributed by atoms with E-state index in [1.54, 1.807) is 7.11 Å². The Morgan fingerprint density at radius 2 is 2.38 bits per heavy atom. The van der Waals surface area contributed by atoms with Crippen LogP contribution in [0.1, 0.15) is 19.3 Å². The van der Waals surface area contributed by atoms with E-state index in [4.69, 9.17) is 16.9 Å². The maximum atomic E-state index is 5.70. The van der Waals surface area contributed by atoms with Gasteiger partial charge in [-0.05, 0) is 12.8 Å². The number of hydrogen-bond donors (Lipinski definition) is 2. The fraction of sp³-hybridized carbons (Fsp3) is 0.800. The highest BCUT2D eigenvalue weighted by Gasteiger charge is 2.42. The fourth-order valence-corrected chi connectivity index (χ4v) is 1.76. The highest BCUT2D eigenvalue weighted by atomic mass is 16.5. The van der Waals surface area contributed by atoms with Gasteiger partial charge in [0.15, 0.2) is 0 Å². The maximum Gasteiger partial charge on any atom is 0.0607 e. The van der Waals surface area contributed by atoms with Crippen LogP contribution in [0.3, 0.4) is 0 Å². The third-order valence-electron chi connectivity index (χ3n) is 2.73. The zero-order valence-corrected chi connectivity index (χ0v) is 8.18. The van der Waals surface area contributed by atoms with Crippen molar-refractivity contribution in [2.45, 2.75) is 30.9 Å². The predicted octanol–water partition coefficient (Wildman–Crippen LogP) is 0.106. The summed E-state index contributed by atoms with van der Waals surface area (Å²) in [6.07, 6.45) is 8.32. The maximum absolute atomic E-state index is 5.70. The van der Waals surface area contributed by atoms with Gasteiger partial charge in [-0.1, -0.05) is 0 Å². The van der Waals surface area contributed by atoms with Gasteiger partial charge in [0, 0.05) is 32.2 Å². The Balaban J connectivity index is 2.25. The summed E-state index contributed by atoms with van der Waals surface area (Å²) < 4.78 is 5.21. The summed E-state index contributed by atoms with van der Waals surface area (Å²) in [5.74, 6) is 2.60. The zero-order chi connectivity index (χ0) is 9.73. The molecule has 0 aromatic rings. The first-order valence-electron chi connectivity index (χ1n) is 4.68. The number of terminal acetylenes is 1. The van der Waals surface area contributed by atoms with E-state index in [9.17, 15) is 0 Å². The molecule has 1 saturated carbocycles. The van der Waals surface area contributed by atoms with Crippen molar-refractivity contribution >= 4 is 0 Å². The van der Waals surface area contributed by atoms with E-state index in [1.807, 2.05) is 0 Å². The zero-order valence-electron chi connectivity index (χ0n) is 8.18. The highest BCUT2D eigenvalue weighted by molar-refractivity contribution is 5.03. The number of rotatable bonds is 5. The molecule has 3 nitrogen and oxygen atoms in total. The summed E-state index contributed by atoms with van der Waals surface area (Å²) in [4.78, 5) is 0. The van der Waals surface area contributed by atoms with E-state index < -0.39 is 0 Å². The average Bonchev–Trinajstić information content (AvgIpc) is 2.09. The van der Waals surface area contributed by atoms with E-state index in [0.717, 1.165) is 25.8 Å². The molecule has 1 aliphatic carbocycles. The normalized spacial score (nSPS) is 32.2. The Bertz CT molecular complexity index is 192. The second-order valence-electron chi connectivity index (χ2n) is 3.63. The van der Waals surface area contributed by atoms with Gasteiger partial charge in [-0.15, -0.1) is 12.3 Å². The molecule has 74 valence electrons. The van der Waals surface area contributed by atoms with Crippen molar-refractivity contribution in [3.8, 4) is 12.3 Å².